The molecule has 0 saturated heterocycles. The van der Waals surface area contributed by atoms with Gasteiger partial charge in [-0.2, -0.15) is 5.10 Å². The maximum atomic E-state index is 11.3. The molecule has 0 spiro atoms. The molecule has 0 amide bonds. The Balaban J connectivity index is 2.50. The van der Waals surface area contributed by atoms with Gasteiger partial charge >= 0.3 is 5.97 Å². The molecule has 2 rings (SSSR count). The molecule has 2 aromatic heterocycles. The van der Waals surface area contributed by atoms with Crippen LogP contribution >= 0.6 is 0 Å². The summed E-state index contributed by atoms with van der Waals surface area (Å²) in [5.41, 5.74) is 0.0836. The molecule has 15 heavy (non-hydrogen) atoms. The Morgan fingerprint density at radius 2 is 2.47 bits per heavy atom. The van der Waals surface area contributed by atoms with Gasteiger partial charge in [0.1, 0.15) is 11.9 Å². The zero-order valence-electron chi connectivity index (χ0n) is 7.93. The van der Waals surface area contributed by atoms with Crippen LogP contribution in [0.4, 0.5) is 0 Å². The molecule has 1 N–H and O–H groups in total. The molecule has 0 radical (unpaired) electrons. The van der Waals surface area contributed by atoms with E-state index in [1.54, 1.807) is 0 Å². The van der Waals surface area contributed by atoms with Gasteiger partial charge in [-0.15, -0.1) is 0 Å². The predicted molar refractivity (Wildman–Crippen MR) is 50.2 cm³/mol. The monoisotopic (exact) mass is 208 g/mol. The summed E-state index contributed by atoms with van der Waals surface area (Å²) < 4.78 is 5.81. The number of esters is 1. The number of methoxy groups -OCH3 is 1. The topological polar surface area (TPSA) is 89.9 Å². The van der Waals surface area contributed by atoms with Gasteiger partial charge in [-0.3, -0.25) is 9.59 Å². The van der Waals surface area contributed by atoms with Crippen molar-refractivity contribution < 1.29 is 9.53 Å². The van der Waals surface area contributed by atoms with Crippen molar-refractivity contribution in [3.63, 3.8) is 0 Å². The molecular weight excluding hydrogens is 200 g/mol. The fourth-order valence-electron chi connectivity index (χ4n) is 1.21. The SMILES string of the molecule is COC(=O)Cn1ncc2c(=O)[nH]cnc21. The first-order valence-electron chi connectivity index (χ1n) is 4.18. The zero-order valence-corrected chi connectivity index (χ0v) is 7.93. The van der Waals surface area contributed by atoms with Crippen LogP contribution < -0.4 is 5.56 Å². The maximum absolute atomic E-state index is 11.3. The minimum Gasteiger partial charge on any atom is -0.468 e. The average molecular weight is 208 g/mol. The van der Waals surface area contributed by atoms with Crippen molar-refractivity contribution in [1.82, 2.24) is 19.7 Å². The number of nitrogens with one attached hydrogen (secondary N) is 1. The lowest BCUT2D eigenvalue weighted by molar-refractivity contribution is -0.141. The highest BCUT2D eigenvalue weighted by molar-refractivity contribution is 5.76. The molecule has 0 aliphatic carbocycles. The Kier molecular flexibility index (Phi) is 2.20. The predicted octanol–water partition coefficient (Wildman–Crippen LogP) is -0.707. The molecule has 0 atom stereocenters. The highest BCUT2D eigenvalue weighted by Gasteiger charge is 2.10. The van der Waals surface area contributed by atoms with Crippen LogP contribution in [-0.2, 0) is 16.1 Å². The fourth-order valence-corrected chi connectivity index (χ4v) is 1.21. The molecule has 0 bridgehead atoms. The number of H-pyrrole nitrogens is 1. The van der Waals surface area contributed by atoms with Gasteiger partial charge < -0.3 is 9.72 Å². The third-order valence-corrected chi connectivity index (χ3v) is 1.95. The Bertz CT molecular complexity index is 556. The van der Waals surface area contributed by atoms with Crippen LogP contribution in [0.15, 0.2) is 17.3 Å². The Labute approximate surface area is 83.7 Å². The first kappa shape index (κ1) is 9.38. The van der Waals surface area contributed by atoms with Crippen molar-refractivity contribution in [3.05, 3.63) is 22.9 Å². The van der Waals surface area contributed by atoms with E-state index in [1.807, 2.05) is 0 Å². The van der Waals surface area contributed by atoms with E-state index in [-0.39, 0.29) is 12.1 Å². The van der Waals surface area contributed by atoms with Gasteiger partial charge in [-0.25, -0.2) is 9.67 Å². The number of hydrogen-bond acceptors (Lipinski definition) is 5. The van der Waals surface area contributed by atoms with Crippen LogP contribution in [0.1, 0.15) is 0 Å². The molecule has 0 fully saturated rings. The Hall–Kier alpha value is -2.18. The highest BCUT2D eigenvalue weighted by atomic mass is 16.5. The molecule has 0 aromatic carbocycles. The molecule has 78 valence electrons. The van der Waals surface area contributed by atoms with Crippen molar-refractivity contribution in [2.75, 3.05) is 7.11 Å². The second-order valence-corrected chi connectivity index (χ2v) is 2.85. The second-order valence-electron chi connectivity index (χ2n) is 2.85. The largest absolute Gasteiger partial charge is 0.468 e. The summed E-state index contributed by atoms with van der Waals surface area (Å²) >= 11 is 0. The summed E-state index contributed by atoms with van der Waals surface area (Å²) in [6, 6.07) is 0. The van der Waals surface area contributed by atoms with E-state index in [2.05, 4.69) is 19.8 Å². The highest BCUT2D eigenvalue weighted by Crippen LogP contribution is 2.03. The lowest BCUT2D eigenvalue weighted by Crippen LogP contribution is -2.14. The van der Waals surface area contributed by atoms with Crippen LogP contribution in [0, 0.1) is 0 Å². The minimum absolute atomic E-state index is 0.0591. The van der Waals surface area contributed by atoms with Crippen molar-refractivity contribution in [3.8, 4) is 0 Å². The van der Waals surface area contributed by atoms with Crippen molar-refractivity contribution in [2.24, 2.45) is 0 Å². The van der Waals surface area contributed by atoms with Crippen LogP contribution in [0.2, 0.25) is 0 Å². The third-order valence-electron chi connectivity index (χ3n) is 1.95. The van der Waals surface area contributed by atoms with E-state index < -0.39 is 5.97 Å². The van der Waals surface area contributed by atoms with E-state index in [1.165, 1.54) is 24.3 Å². The van der Waals surface area contributed by atoms with Crippen LogP contribution in [0.5, 0.6) is 0 Å². The van der Waals surface area contributed by atoms with E-state index in [0.717, 1.165) is 0 Å². The second kappa shape index (κ2) is 3.52. The summed E-state index contributed by atoms with van der Waals surface area (Å²) in [5.74, 6) is -0.443. The molecule has 0 unspecified atom stereocenters. The number of hydrogen-bond donors (Lipinski definition) is 1. The van der Waals surface area contributed by atoms with Crippen LogP contribution in [0.25, 0.3) is 11.0 Å². The van der Waals surface area contributed by atoms with Crippen molar-refractivity contribution >= 4 is 17.0 Å². The van der Waals surface area contributed by atoms with Crippen molar-refractivity contribution in [2.45, 2.75) is 6.54 Å². The van der Waals surface area contributed by atoms with E-state index in [9.17, 15) is 9.59 Å². The first-order valence-corrected chi connectivity index (χ1v) is 4.18. The van der Waals surface area contributed by atoms with Gasteiger partial charge in [0.2, 0.25) is 0 Å². The Morgan fingerprint density at radius 1 is 1.67 bits per heavy atom. The number of nitrogens with zero attached hydrogens (tertiary/aromatic N) is 3. The quantitative estimate of drug-likeness (QED) is 0.658. The summed E-state index contributed by atoms with van der Waals surface area (Å²) in [4.78, 5) is 28.6. The summed E-state index contributed by atoms with van der Waals surface area (Å²) in [5, 5.41) is 4.23. The summed E-state index contributed by atoms with van der Waals surface area (Å²) in [7, 11) is 1.29. The molecule has 2 aromatic rings. The summed E-state index contributed by atoms with van der Waals surface area (Å²) in [6.45, 7) is -0.0591. The zero-order chi connectivity index (χ0) is 10.8. The van der Waals surface area contributed by atoms with Gasteiger partial charge in [0, 0.05) is 0 Å². The van der Waals surface area contributed by atoms with Crippen LogP contribution in [0.3, 0.4) is 0 Å². The molecule has 7 heteroatoms. The van der Waals surface area contributed by atoms with Gasteiger partial charge in [0.05, 0.1) is 19.6 Å². The van der Waals surface area contributed by atoms with Gasteiger partial charge in [0.15, 0.2) is 5.65 Å². The smallest absolute Gasteiger partial charge is 0.327 e. The number of fused-ring (bicyclic) bond motifs is 1. The molecular formula is C8H8N4O3. The fraction of sp³-hybridized carbons (Fsp3) is 0.250. The molecule has 0 aliphatic heterocycles. The average Bonchev–Trinajstić information content (AvgIpc) is 2.63. The normalized spacial score (nSPS) is 10.5. The molecule has 0 aliphatic rings. The standard InChI is InChI=1S/C8H8N4O3/c1-15-6(13)3-12-7-5(2-11-12)8(14)10-4-9-7/h2,4H,3H2,1H3,(H,9,10,14). The van der Waals surface area contributed by atoms with E-state index >= 15 is 0 Å². The number of carbonyl (C=O) groups excluding carboxylic acids is 1. The van der Waals surface area contributed by atoms with Crippen molar-refractivity contribution in [1.29, 1.82) is 0 Å². The lowest BCUT2D eigenvalue weighted by Gasteiger charge is -1.99. The number of rotatable bonds is 2. The first-order chi connectivity index (χ1) is 7.22. The van der Waals surface area contributed by atoms with E-state index in [0.29, 0.717) is 11.0 Å². The number of aromatic nitrogens is 4. The van der Waals surface area contributed by atoms with Gasteiger partial charge in [-0.05, 0) is 0 Å². The maximum Gasteiger partial charge on any atom is 0.327 e. The van der Waals surface area contributed by atoms with Gasteiger partial charge in [-0.1, -0.05) is 0 Å². The molecule has 7 nitrogen and oxygen atoms in total. The summed E-state index contributed by atoms with van der Waals surface area (Å²) in [6.07, 6.45) is 2.63. The number of carbonyl (C=O) groups is 1. The third kappa shape index (κ3) is 1.58. The minimum atomic E-state index is -0.443. The number of ether oxygens (including phenoxy) is 1. The number of aromatic amines is 1. The Morgan fingerprint density at radius 3 is 3.20 bits per heavy atom. The van der Waals surface area contributed by atoms with E-state index in [4.69, 9.17) is 0 Å². The molecule has 2 heterocycles. The molecule has 0 saturated carbocycles. The van der Waals surface area contributed by atoms with Gasteiger partial charge in [0.25, 0.3) is 5.56 Å². The van der Waals surface area contributed by atoms with Crippen LogP contribution in [-0.4, -0.2) is 32.8 Å². The lowest BCUT2D eigenvalue weighted by atomic mass is 10.4.